The summed E-state index contributed by atoms with van der Waals surface area (Å²) in [6.07, 6.45) is 1.82. The minimum atomic E-state index is 0.776. The fourth-order valence-electron chi connectivity index (χ4n) is 2.01. The number of fused-ring (bicyclic) bond motifs is 1. The number of halogens is 1. The van der Waals surface area contributed by atoms with Crippen molar-refractivity contribution >= 4 is 44.3 Å². The van der Waals surface area contributed by atoms with Gasteiger partial charge in [-0.05, 0) is 57.9 Å². The molecule has 0 aliphatic carbocycles. The van der Waals surface area contributed by atoms with Crippen LogP contribution in [0.2, 0.25) is 0 Å². The molecule has 1 heterocycles. The number of rotatable bonds is 3. The van der Waals surface area contributed by atoms with Crippen LogP contribution in [0.15, 0.2) is 64.1 Å². The molecule has 0 unspecified atom stereocenters. The quantitative estimate of drug-likeness (QED) is 0.544. The summed E-state index contributed by atoms with van der Waals surface area (Å²) in [6.45, 7) is 0. The first-order chi connectivity index (χ1) is 9.72. The van der Waals surface area contributed by atoms with Crippen LogP contribution < -0.4 is 5.73 Å². The first kappa shape index (κ1) is 13.5. The number of nitrogens with zero attached hydrogens (tertiary/aromatic N) is 1. The van der Waals surface area contributed by atoms with Gasteiger partial charge in [0.2, 0.25) is 0 Å². The van der Waals surface area contributed by atoms with Gasteiger partial charge >= 0.3 is 0 Å². The van der Waals surface area contributed by atoms with Crippen molar-refractivity contribution in [2.45, 2.75) is 10.6 Å². The van der Waals surface area contributed by atoms with Crippen molar-refractivity contribution < 1.29 is 0 Å². The normalized spacial score (nSPS) is 10.8. The molecule has 0 radical (unpaired) electrons. The van der Waals surface area contributed by atoms with Gasteiger partial charge in [-0.1, -0.05) is 12.1 Å². The molecule has 0 aliphatic rings. The molecule has 1 aromatic heterocycles. The van der Waals surface area contributed by atoms with E-state index in [-0.39, 0.29) is 0 Å². The highest BCUT2D eigenvalue weighted by Gasteiger charge is 2.03. The number of nitrogen functional groups attached to an aromatic ring is 1. The molecule has 2 aromatic carbocycles. The molecule has 100 valence electrons. The van der Waals surface area contributed by atoms with E-state index >= 15 is 0 Å². The standard InChI is InChI=1S/C16H13BrN2S/c17-14-9-13(18)4-6-16(14)20-10-11-3-5-15-12(8-11)2-1-7-19-15/h1-9H,10,18H2. The zero-order chi connectivity index (χ0) is 13.9. The molecule has 2 N–H and O–H groups in total. The Bertz CT molecular complexity index is 758. The Morgan fingerprint density at radius 2 is 2.00 bits per heavy atom. The number of pyridine rings is 1. The van der Waals surface area contributed by atoms with Crippen LogP contribution in [0, 0.1) is 0 Å². The van der Waals surface area contributed by atoms with E-state index in [0.717, 1.165) is 21.4 Å². The topological polar surface area (TPSA) is 38.9 Å². The smallest absolute Gasteiger partial charge is 0.0702 e. The lowest BCUT2D eigenvalue weighted by atomic mass is 10.1. The fraction of sp³-hybridized carbons (Fsp3) is 0.0625. The van der Waals surface area contributed by atoms with Gasteiger partial charge in [0.25, 0.3) is 0 Å². The monoisotopic (exact) mass is 344 g/mol. The molecular weight excluding hydrogens is 332 g/mol. The highest BCUT2D eigenvalue weighted by molar-refractivity contribution is 9.10. The Balaban J connectivity index is 1.79. The highest BCUT2D eigenvalue weighted by atomic mass is 79.9. The molecule has 20 heavy (non-hydrogen) atoms. The maximum Gasteiger partial charge on any atom is 0.0702 e. The van der Waals surface area contributed by atoms with E-state index < -0.39 is 0 Å². The molecule has 2 nitrogen and oxygen atoms in total. The molecule has 0 amide bonds. The predicted octanol–water partition coefficient (Wildman–Crippen LogP) is 4.87. The summed E-state index contributed by atoms with van der Waals surface area (Å²) in [5.74, 6) is 0.924. The first-order valence-corrected chi connectivity index (χ1v) is 8.02. The fourth-order valence-corrected chi connectivity index (χ4v) is 3.61. The van der Waals surface area contributed by atoms with Gasteiger partial charge in [-0.25, -0.2) is 0 Å². The summed E-state index contributed by atoms with van der Waals surface area (Å²) >= 11 is 5.34. The number of thioether (sulfide) groups is 1. The van der Waals surface area contributed by atoms with Crippen LogP contribution in [0.4, 0.5) is 5.69 Å². The molecule has 0 saturated heterocycles. The van der Waals surface area contributed by atoms with Crippen molar-refractivity contribution in [1.82, 2.24) is 4.98 Å². The van der Waals surface area contributed by atoms with Crippen LogP contribution in [0.3, 0.4) is 0 Å². The maximum atomic E-state index is 5.75. The molecule has 0 saturated carbocycles. The van der Waals surface area contributed by atoms with E-state index in [1.165, 1.54) is 15.8 Å². The van der Waals surface area contributed by atoms with Gasteiger partial charge < -0.3 is 5.73 Å². The molecule has 4 heteroatoms. The summed E-state index contributed by atoms with van der Waals surface area (Å²) in [5, 5.41) is 1.18. The van der Waals surface area contributed by atoms with E-state index in [2.05, 4.69) is 45.2 Å². The number of hydrogen-bond donors (Lipinski definition) is 1. The van der Waals surface area contributed by atoms with Crippen LogP contribution in [0.5, 0.6) is 0 Å². The highest BCUT2D eigenvalue weighted by Crippen LogP contribution is 2.31. The van der Waals surface area contributed by atoms with Gasteiger partial charge in [0.05, 0.1) is 5.52 Å². The van der Waals surface area contributed by atoms with Gasteiger partial charge in [0.15, 0.2) is 0 Å². The van der Waals surface area contributed by atoms with Crippen molar-refractivity contribution in [3.05, 3.63) is 64.8 Å². The van der Waals surface area contributed by atoms with Crippen molar-refractivity contribution in [1.29, 1.82) is 0 Å². The van der Waals surface area contributed by atoms with Crippen molar-refractivity contribution in [3.8, 4) is 0 Å². The Labute approximate surface area is 130 Å². The van der Waals surface area contributed by atoms with E-state index in [9.17, 15) is 0 Å². The third kappa shape index (κ3) is 2.97. The Morgan fingerprint density at radius 3 is 2.85 bits per heavy atom. The first-order valence-electron chi connectivity index (χ1n) is 6.24. The molecule has 0 aliphatic heterocycles. The number of benzene rings is 2. The van der Waals surface area contributed by atoms with E-state index in [0.29, 0.717) is 0 Å². The molecule has 0 fully saturated rings. The second-order valence-electron chi connectivity index (χ2n) is 4.51. The average Bonchev–Trinajstić information content (AvgIpc) is 2.46. The number of anilines is 1. The lowest BCUT2D eigenvalue weighted by Gasteiger charge is -2.06. The lowest BCUT2D eigenvalue weighted by molar-refractivity contribution is 1.35. The molecule has 3 aromatic rings. The van der Waals surface area contributed by atoms with Gasteiger partial charge in [0.1, 0.15) is 0 Å². The van der Waals surface area contributed by atoms with Crippen molar-refractivity contribution in [3.63, 3.8) is 0 Å². The SMILES string of the molecule is Nc1ccc(SCc2ccc3ncccc3c2)c(Br)c1. The number of aromatic nitrogens is 1. The average molecular weight is 345 g/mol. The van der Waals surface area contributed by atoms with Crippen molar-refractivity contribution in [2.24, 2.45) is 0 Å². The summed E-state index contributed by atoms with van der Waals surface area (Å²) in [5.41, 5.74) is 8.85. The molecule has 0 spiro atoms. The van der Waals surface area contributed by atoms with Gasteiger partial charge in [-0.3, -0.25) is 4.98 Å². The molecule has 0 atom stereocenters. The van der Waals surface area contributed by atoms with Crippen LogP contribution >= 0.6 is 27.7 Å². The molecular formula is C16H13BrN2S. The number of nitrogens with two attached hydrogens (primary N) is 1. The van der Waals surface area contributed by atoms with E-state index in [4.69, 9.17) is 5.73 Å². The third-order valence-electron chi connectivity index (χ3n) is 3.02. The van der Waals surface area contributed by atoms with Crippen molar-refractivity contribution in [2.75, 3.05) is 5.73 Å². The predicted molar refractivity (Wildman–Crippen MR) is 89.9 cm³/mol. The lowest BCUT2D eigenvalue weighted by Crippen LogP contribution is -1.86. The van der Waals surface area contributed by atoms with Crippen LogP contribution in [0.1, 0.15) is 5.56 Å². The zero-order valence-electron chi connectivity index (χ0n) is 10.7. The van der Waals surface area contributed by atoms with Gasteiger partial charge in [0, 0.05) is 32.4 Å². The second kappa shape index (κ2) is 5.85. The Morgan fingerprint density at radius 1 is 1.10 bits per heavy atom. The summed E-state index contributed by atoms with van der Waals surface area (Å²) < 4.78 is 1.05. The van der Waals surface area contributed by atoms with Crippen LogP contribution in [-0.2, 0) is 5.75 Å². The summed E-state index contributed by atoms with van der Waals surface area (Å²) in [4.78, 5) is 5.54. The minimum absolute atomic E-state index is 0.776. The largest absolute Gasteiger partial charge is 0.399 e. The number of hydrogen-bond acceptors (Lipinski definition) is 3. The van der Waals surface area contributed by atoms with Crippen LogP contribution in [0.25, 0.3) is 10.9 Å². The van der Waals surface area contributed by atoms with E-state index in [1.807, 2.05) is 30.5 Å². The van der Waals surface area contributed by atoms with Gasteiger partial charge in [-0.15, -0.1) is 11.8 Å². The Hall–Kier alpha value is -1.52. The maximum absolute atomic E-state index is 5.75. The Kier molecular flexibility index (Phi) is 3.94. The molecule has 3 rings (SSSR count). The minimum Gasteiger partial charge on any atom is -0.399 e. The van der Waals surface area contributed by atoms with Crippen LogP contribution in [-0.4, -0.2) is 4.98 Å². The summed E-state index contributed by atoms with van der Waals surface area (Å²) in [6, 6.07) is 16.4. The zero-order valence-corrected chi connectivity index (χ0v) is 13.1. The van der Waals surface area contributed by atoms with Gasteiger partial charge in [-0.2, -0.15) is 0 Å². The van der Waals surface area contributed by atoms with E-state index in [1.54, 1.807) is 11.8 Å². The second-order valence-corrected chi connectivity index (χ2v) is 6.38. The molecule has 0 bridgehead atoms. The third-order valence-corrected chi connectivity index (χ3v) is 5.08. The summed E-state index contributed by atoms with van der Waals surface area (Å²) in [7, 11) is 0.